The first-order chi connectivity index (χ1) is 9.62. The van der Waals surface area contributed by atoms with Gasteiger partial charge < -0.3 is 4.74 Å². The Morgan fingerprint density at radius 2 is 2.10 bits per heavy atom. The highest BCUT2D eigenvalue weighted by molar-refractivity contribution is 9.10. The topological polar surface area (TPSA) is 57.0 Å². The van der Waals surface area contributed by atoms with Crippen LogP contribution in [0.25, 0.3) is 5.69 Å². The molecule has 0 aliphatic carbocycles. The molecule has 0 unspecified atom stereocenters. The van der Waals surface area contributed by atoms with Crippen molar-refractivity contribution < 1.29 is 9.53 Å². The normalized spacial score (nSPS) is 10.6. The number of aryl methyl sites for hydroxylation is 1. The summed E-state index contributed by atoms with van der Waals surface area (Å²) in [5.41, 5.74) is 1.10. The largest absolute Gasteiger partial charge is 0.465 e. The van der Waals surface area contributed by atoms with Crippen LogP contribution in [0, 0.1) is 0 Å². The predicted octanol–water partition coefficient (Wildman–Crippen LogP) is 3.12. The van der Waals surface area contributed by atoms with E-state index in [1.807, 2.05) is 19.1 Å². The van der Waals surface area contributed by atoms with Crippen LogP contribution in [-0.4, -0.2) is 27.8 Å². The molecule has 0 radical (unpaired) electrons. The minimum Gasteiger partial charge on any atom is -0.465 e. The van der Waals surface area contributed by atoms with E-state index >= 15 is 0 Å². The van der Waals surface area contributed by atoms with Gasteiger partial charge in [-0.3, -0.25) is 4.57 Å². The molecule has 2 aromatic rings. The molecule has 7 heteroatoms. The second-order valence-corrected chi connectivity index (χ2v) is 5.19. The molecule has 0 atom stereocenters. The minimum atomic E-state index is -0.419. The number of carbonyl (C=O) groups is 1. The van der Waals surface area contributed by atoms with E-state index in [4.69, 9.17) is 16.3 Å². The average Bonchev–Trinajstić information content (AvgIpc) is 2.89. The third kappa shape index (κ3) is 2.71. The van der Waals surface area contributed by atoms with Gasteiger partial charge in [0, 0.05) is 10.9 Å². The van der Waals surface area contributed by atoms with E-state index < -0.39 is 5.97 Å². The number of methoxy groups -OCH3 is 1. The summed E-state index contributed by atoms with van der Waals surface area (Å²) in [5.74, 6) is 1.13. The molecule has 20 heavy (non-hydrogen) atoms. The van der Waals surface area contributed by atoms with Gasteiger partial charge in [0.15, 0.2) is 5.82 Å². The van der Waals surface area contributed by atoms with Gasteiger partial charge in [0.2, 0.25) is 0 Å². The fraction of sp³-hybridized carbons (Fsp3) is 0.308. The van der Waals surface area contributed by atoms with Crippen LogP contribution < -0.4 is 0 Å². The highest BCUT2D eigenvalue weighted by Crippen LogP contribution is 2.24. The molecule has 0 bridgehead atoms. The monoisotopic (exact) mass is 357 g/mol. The number of rotatable bonds is 4. The van der Waals surface area contributed by atoms with Crippen LogP contribution in [0.3, 0.4) is 0 Å². The van der Waals surface area contributed by atoms with E-state index in [1.54, 1.807) is 10.6 Å². The van der Waals surface area contributed by atoms with E-state index in [9.17, 15) is 4.79 Å². The number of ether oxygens (including phenoxy) is 1. The standard InChI is InChI=1S/C13H13BrClN3O2/c1-3-11-16-17-12(7-15)18(11)10-5-4-8(14)6-9(10)13(19)20-2/h4-6H,3,7H2,1-2H3. The van der Waals surface area contributed by atoms with Crippen molar-refractivity contribution in [2.24, 2.45) is 0 Å². The van der Waals surface area contributed by atoms with Crippen molar-refractivity contribution >= 4 is 33.5 Å². The third-order valence-corrected chi connectivity index (χ3v) is 3.57. The number of carbonyl (C=O) groups excluding carboxylic acids is 1. The zero-order chi connectivity index (χ0) is 14.7. The molecule has 1 aromatic carbocycles. The quantitative estimate of drug-likeness (QED) is 0.622. The third-order valence-electron chi connectivity index (χ3n) is 2.84. The van der Waals surface area contributed by atoms with E-state index in [2.05, 4.69) is 26.1 Å². The molecule has 0 saturated carbocycles. The molecule has 1 aromatic heterocycles. The first-order valence-corrected chi connectivity index (χ1v) is 7.32. The summed E-state index contributed by atoms with van der Waals surface area (Å²) in [5, 5.41) is 8.14. The van der Waals surface area contributed by atoms with Crippen LogP contribution in [-0.2, 0) is 17.0 Å². The van der Waals surface area contributed by atoms with Gasteiger partial charge in [0.25, 0.3) is 0 Å². The number of aromatic nitrogens is 3. The maximum Gasteiger partial charge on any atom is 0.340 e. The number of hydrogen-bond donors (Lipinski definition) is 0. The summed E-state index contributed by atoms with van der Waals surface area (Å²) in [4.78, 5) is 12.0. The Balaban J connectivity index is 2.69. The fourth-order valence-electron chi connectivity index (χ4n) is 1.92. The maximum atomic E-state index is 12.0. The van der Waals surface area contributed by atoms with Gasteiger partial charge in [-0.2, -0.15) is 0 Å². The van der Waals surface area contributed by atoms with Crippen molar-refractivity contribution in [3.8, 4) is 5.69 Å². The highest BCUT2D eigenvalue weighted by atomic mass is 79.9. The van der Waals surface area contributed by atoms with Crippen LogP contribution >= 0.6 is 27.5 Å². The zero-order valence-electron chi connectivity index (χ0n) is 11.1. The number of nitrogens with zero attached hydrogens (tertiary/aromatic N) is 3. The summed E-state index contributed by atoms with van der Waals surface area (Å²) in [7, 11) is 1.35. The summed E-state index contributed by atoms with van der Waals surface area (Å²) in [6.45, 7) is 1.97. The lowest BCUT2D eigenvalue weighted by molar-refractivity contribution is 0.0600. The Kier molecular flexibility index (Phi) is 4.77. The molecule has 0 aliphatic rings. The molecule has 0 fully saturated rings. The van der Waals surface area contributed by atoms with E-state index in [0.29, 0.717) is 23.5 Å². The molecule has 5 nitrogen and oxygen atoms in total. The fourth-order valence-corrected chi connectivity index (χ4v) is 2.46. The van der Waals surface area contributed by atoms with Crippen molar-refractivity contribution in [1.29, 1.82) is 0 Å². The number of hydrogen-bond acceptors (Lipinski definition) is 4. The average molecular weight is 359 g/mol. The zero-order valence-corrected chi connectivity index (χ0v) is 13.4. The number of halogens is 2. The van der Waals surface area contributed by atoms with Crippen LogP contribution in [0.5, 0.6) is 0 Å². The summed E-state index contributed by atoms with van der Waals surface area (Å²) >= 11 is 9.25. The molecule has 0 spiro atoms. The van der Waals surface area contributed by atoms with Crippen LogP contribution in [0.1, 0.15) is 28.9 Å². The maximum absolute atomic E-state index is 12.0. The lowest BCUT2D eigenvalue weighted by atomic mass is 10.1. The molecule has 0 saturated heterocycles. The Labute approximate surface area is 130 Å². The van der Waals surface area contributed by atoms with Gasteiger partial charge in [-0.25, -0.2) is 4.79 Å². The second-order valence-electron chi connectivity index (χ2n) is 4.01. The van der Waals surface area contributed by atoms with Gasteiger partial charge in [-0.05, 0) is 18.2 Å². The number of alkyl halides is 1. The summed E-state index contributed by atoms with van der Waals surface area (Å²) < 4.78 is 7.42. The molecular formula is C13H13BrClN3O2. The number of benzene rings is 1. The Hall–Kier alpha value is -1.40. The van der Waals surface area contributed by atoms with Gasteiger partial charge in [0.1, 0.15) is 5.82 Å². The smallest absolute Gasteiger partial charge is 0.340 e. The van der Waals surface area contributed by atoms with Gasteiger partial charge in [-0.15, -0.1) is 21.8 Å². The Morgan fingerprint density at radius 1 is 1.40 bits per heavy atom. The molecule has 106 valence electrons. The second kappa shape index (κ2) is 6.37. The molecule has 2 rings (SSSR count). The summed E-state index contributed by atoms with van der Waals surface area (Å²) in [6.07, 6.45) is 0.681. The van der Waals surface area contributed by atoms with E-state index in [-0.39, 0.29) is 5.88 Å². The molecule has 0 amide bonds. The van der Waals surface area contributed by atoms with E-state index in [1.165, 1.54) is 7.11 Å². The molecule has 0 aliphatic heterocycles. The first-order valence-electron chi connectivity index (χ1n) is 5.99. The SMILES string of the molecule is CCc1nnc(CCl)n1-c1ccc(Br)cc1C(=O)OC. The van der Waals surface area contributed by atoms with Gasteiger partial charge in [-0.1, -0.05) is 22.9 Å². The minimum absolute atomic E-state index is 0.212. The highest BCUT2D eigenvalue weighted by Gasteiger charge is 2.19. The van der Waals surface area contributed by atoms with Crippen molar-refractivity contribution in [2.75, 3.05) is 7.11 Å². The Morgan fingerprint density at radius 3 is 2.70 bits per heavy atom. The Bertz CT molecular complexity index is 621. The predicted molar refractivity (Wildman–Crippen MR) is 79.3 cm³/mol. The number of esters is 1. The van der Waals surface area contributed by atoms with Crippen molar-refractivity contribution in [1.82, 2.24) is 14.8 Å². The van der Waals surface area contributed by atoms with Crippen LogP contribution in [0.15, 0.2) is 22.7 Å². The molecule has 0 N–H and O–H groups in total. The lowest BCUT2D eigenvalue weighted by Crippen LogP contribution is -2.11. The summed E-state index contributed by atoms with van der Waals surface area (Å²) in [6, 6.07) is 5.37. The van der Waals surface area contributed by atoms with Crippen molar-refractivity contribution in [2.45, 2.75) is 19.2 Å². The lowest BCUT2D eigenvalue weighted by Gasteiger charge is -2.13. The van der Waals surface area contributed by atoms with Crippen LogP contribution in [0.4, 0.5) is 0 Å². The van der Waals surface area contributed by atoms with Gasteiger partial charge >= 0.3 is 5.97 Å². The molecule has 1 heterocycles. The van der Waals surface area contributed by atoms with Crippen molar-refractivity contribution in [3.05, 3.63) is 39.9 Å². The molecular weight excluding hydrogens is 346 g/mol. The first kappa shape index (κ1) is 15.0. The van der Waals surface area contributed by atoms with Crippen LogP contribution in [0.2, 0.25) is 0 Å². The van der Waals surface area contributed by atoms with Crippen molar-refractivity contribution in [3.63, 3.8) is 0 Å². The van der Waals surface area contributed by atoms with Gasteiger partial charge in [0.05, 0.1) is 24.2 Å². The van der Waals surface area contributed by atoms with E-state index in [0.717, 1.165) is 10.3 Å².